The van der Waals surface area contributed by atoms with Crippen molar-refractivity contribution in [3.8, 4) is 0 Å². The van der Waals surface area contributed by atoms with Gasteiger partial charge < -0.3 is 34.0 Å². The standard InChI is InChI=1S/C46H52FN5O5Si/c1-31-42(58(2,3)47)40(26-41(54)49-28-34-14-8-7-13-33(34)25-37(49)29-53)57-46(31)38-18-9-10-19-39(38)50(44(46)56)27-32-12-11-17-36(24-32)51-30-52(35-15-5-4-6-16-35)45(43(51)55)20-22-48-23-21-45/h4-19,24,31,37,40,42,48,53H,20-23,25-30H2,1-3H3/t31-,37+,40+,42-,46+/m1/s1. The van der Waals surface area contributed by atoms with Crippen molar-refractivity contribution in [1.82, 2.24) is 10.2 Å². The van der Waals surface area contributed by atoms with E-state index in [9.17, 15) is 14.7 Å². The van der Waals surface area contributed by atoms with Crippen molar-refractivity contribution < 1.29 is 28.3 Å². The molecule has 5 aliphatic rings. The monoisotopic (exact) mass is 801 g/mol. The van der Waals surface area contributed by atoms with Gasteiger partial charge >= 0.3 is 0 Å². The second-order valence-electron chi connectivity index (χ2n) is 17.3. The number of anilines is 3. The summed E-state index contributed by atoms with van der Waals surface area (Å²) in [6, 6.07) is 33.1. The van der Waals surface area contributed by atoms with E-state index in [2.05, 4.69) is 22.3 Å². The van der Waals surface area contributed by atoms with Crippen LogP contribution in [0.25, 0.3) is 0 Å². The maximum absolute atomic E-state index is 16.6. The van der Waals surface area contributed by atoms with Crippen LogP contribution in [0.5, 0.6) is 0 Å². The highest BCUT2D eigenvalue weighted by Crippen LogP contribution is 2.60. The quantitative estimate of drug-likeness (QED) is 0.160. The van der Waals surface area contributed by atoms with Crippen molar-refractivity contribution in [3.05, 3.63) is 125 Å². The van der Waals surface area contributed by atoms with Gasteiger partial charge in [-0.3, -0.25) is 19.3 Å². The molecule has 3 amide bonds. The Morgan fingerprint density at radius 2 is 1.59 bits per heavy atom. The van der Waals surface area contributed by atoms with Crippen LogP contribution in [-0.4, -0.2) is 80.2 Å². The van der Waals surface area contributed by atoms with E-state index in [4.69, 9.17) is 4.74 Å². The van der Waals surface area contributed by atoms with Crippen molar-refractivity contribution in [1.29, 1.82) is 0 Å². The van der Waals surface area contributed by atoms with Gasteiger partial charge in [0.05, 0.1) is 44.1 Å². The number of carbonyl (C=O) groups is 3. The average molecular weight is 802 g/mol. The molecule has 12 heteroatoms. The Bertz CT molecular complexity index is 2230. The number of ether oxygens (including phenoxy) is 1. The molecule has 2 N–H and O–H groups in total. The van der Waals surface area contributed by atoms with Gasteiger partial charge in [0.15, 0.2) is 5.60 Å². The van der Waals surface area contributed by atoms with E-state index >= 15 is 8.90 Å². The zero-order valence-corrected chi connectivity index (χ0v) is 34.4. The van der Waals surface area contributed by atoms with Crippen LogP contribution in [0, 0.1) is 5.92 Å². The molecule has 0 unspecified atom stereocenters. The number of para-hydroxylation sites is 2. The average Bonchev–Trinajstić information content (AvgIpc) is 3.78. The Kier molecular flexibility index (Phi) is 9.82. The van der Waals surface area contributed by atoms with Gasteiger partial charge in [0.25, 0.3) is 11.8 Å². The van der Waals surface area contributed by atoms with E-state index in [1.165, 1.54) is 0 Å². The molecule has 4 aromatic carbocycles. The SMILES string of the molecule is C[C@@H]1[C@@H]([Si](C)(C)F)[C@H](CC(=O)N2Cc3ccccc3C[C@H]2CO)O[C@@]12C(=O)N(Cc1cccc(N3CN(c4ccccc4)C4(CCNCC4)C3=O)c1)c1ccccc12. The van der Waals surface area contributed by atoms with Gasteiger partial charge in [-0.25, -0.2) is 0 Å². The van der Waals surface area contributed by atoms with Crippen LogP contribution in [0.1, 0.15) is 48.4 Å². The number of hydrogen-bond donors (Lipinski definition) is 2. The third-order valence-corrected chi connectivity index (χ3v) is 16.1. The Morgan fingerprint density at radius 1 is 0.897 bits per heavy atom. The molecule has 9 rings (SSSR count). The second-order valence-corrected chi connectivity index (χ2v) is 21.1. The first-order chi connectivity index (χ1) is 28.0. The summed E-state index contributed by atoms with van der Waals surface area (Å²) in [7, 11) is -3.53. The number of piperidine rings is 1. The lowest BCUT2D eigenvalue weighted by Gasteiger charge is -2.39. The number of hydrogen-bond acceptors (Lipinski definition) is 7. The fourth-order valence-electron chi connectivity index (χ4n) is 10.9. The first-order valence-corrected chi connectivity index (χ1v) is 23.6. The van der Waals surface area contributed by atoms with Gasteiger partial charge in [0.1, 0.15) is 5.54 Å². The summed E-state index contributed by atoms with van der Waals surface area (Å²) >= 11 is 0. The van der Waals surface area contributed by atoms with Crippen LogP contribution in [-0.2, 0) is 44.2 Å². The van der Waals surface area contributed by atoms with Crippen molar-refractivity contribution in [2.24, 2.45) is 5.92 Å². The van der Waals surface area contributed by atoms with Crippen LogP contribution in [0.15, 0.2) is 103 Å². The summed E-state index contributed by atoms with van der Waals surface area (Å²) in [4.78, 5) is 51.3. The topological polar surface area (TPSA) is 106 Å². The molecule has 0 aromatic heterocycles. The Balaban J connectivity index is 1.00. The largest absolute Gasteiger partial charge is 0.394 e. The zero-order valence-electron chi connectivity index (χ0n) is 33.4. The van der Waals surface area contributed by atoms with Gasteiger partial charge in [-0.2, -0.15) is 0 Å². The molecule has 5 atom stereocenters. The van der Waals surface area contributed by atoms with Crippen molar-refractivity contribution in [2.45, 2.75) is 87.6 Å². The van der Waals surface area contributed by atoms with E-state index in [1.54, 1.807) is 22.9 Å². The van der Waals surface area contributed by atoms with E-state index < -0.39 is 43.2 Å². The normalized spacial score (nSPS) is 26.5. The predicted molar refractivity (Wildman–Crippen MR) is 224 cm³/mol. The molecular weight excluding hydrogens is 750 g/mol. The van der Waals surface area contributed by atoms with Crippen molar-refractivity contribution in [3.63, 3.8) is 0 Å². The number of nitrogens with one attached hydrogen (secondary N) is 1. The molecule has 3 saturated heterocycles. The molecule has 5 heterocycles. The van der Waals surface area contributed by atoms with Crippen LogP contribution in [0.3, 0.4) is 0 Å². The lowest BCUT2D eigenvalue weighted by atomic mass is 9.82. The third kappa shape index (κ3) is 6.18. The maximum atomic E-state index is 16.6. The summed E-state index contributed by atoms with van der Waals surface area (Å²) in [5.74, 6) is -0.961. The molecule has 0 bridgehead atoms. The molecule has 0 aliphatic carbocycles. The van der Waals surface area contributed by atoms with E-state index in [-0.39, 0.29) is 37.3 Å². The summed E-state index contributed by atoms with van der Waals surface area (Å²) < 4.78 is 23.6. The number of aliphatic hydroxyl groups is 1. The molecule has 302 valence electrons. The van der Waals surface area contributed by atoms with E-state index in [0.29, 0.717) is 43.7 Å². The van der Waals surface area contributed by atoms with E-state index in [1.807, 2.05) is 103 Å². The number of nitrogens with zero attached hydrogens (tertiary/aromatic N) is 4. The Hall–Kier alpha value is -4.88. The molecule has 4 aromatic rings. The van der Waals surface area contributed by atoms with Gasteiger partial charge in [-0.1, -0.05) is 79.7 Å². The van der Waals surface area contributed by atoms with Gasteiger partial charge in [-0.15, -0.1) is 0 Å². The maximum Gasteiger partial charge on any atom is 0.264 e. The van der Waals surface area contributed by atoms with Crippen molar-refractivity contribution in [2.75, 3.05) is 41.1 Å². The van der Waals surface area contributed by atoms with Gasteiger partial charge in [0.2, 0.25) is 14.3 Å². The number of aliphatic hydroxyl groups excluding tert-OH is 1. The molecule has 3 fully saturated rings. The molecule has 0 saturated carbocycles. The molecular formula is C46H52FN5O5Si. The van der Waals surface area contributed by atoms with Crippen molar-refractivity contribution >= 4 is 43.2 Å². The number of carbonyl (C=O) groups excluding carboxylic acids is 3. The second kappa shape index (κ2) is 14.7. The number of rotatable bonds is 8. The number of halogens is 1. The first-order valence-electron chi connectivity index (χ1n) is 20.7. The number of benzene rings is 4. The highest BCUT2D eigenvalue weighted by molar-refractivity contribution is 6.72. The molecule has 2 spiro atoms. The highest BCUT2D eigenvalue weighted by atomic mass is 28.4. The number of amides is 3. The molecule has 10 nitrogen and oxygen atoms in total. The summed E-state index contributed by atoms with van der Waals surface area (Å²) in [6.45, 7) is 7.52. The number of fused-ring (bicyclic) bond motifs is 3. The fraction of sp³-hybridized carbons (Fsp3) is 0.413. The third-order valence-electron chi connectivity index (χ3n) is 13.6. The molecule has 0 radical (unpaired) electrons. The zero-order chi connectivity index (χ0) is 40.4. The van der Waals surface area contributed by atoms with Gasteiger partial charge in [-0.05, 0) is 92.5 Å². The summed E-state index contributed by atoms with van der Waals surface area (Å²) in [6.07, 6.45) is 1.03. The minimum Gasteiger partial charge on any atom is -0.394 e. The lowest BCUT2D eigenvalue weighted by molar-refractivity contribution is -0.151. The molecule has 5 aliphatic heterocycles. The smallest absolute Gasteiger partial charge is 0.264 e. The Labute approximate surface area is 340 Å². The fourth-order valence-corrected chi connectivity index (χ4v) is 13.4. The predicted octanol–water partition coefficient (Wildman–Crippen LogP) is 6.28. The van der Waals surface area contributed by atoms with Crippen LogP contribution < -0.4 is 20.0 Å². The van der Waals surface area contributed by atoms with E-state index in [0.717, 1.165) is 41.2 Å². The van der Waals surface area contributed by atoms with Crippen LogP contribution in [0.2, 0.25) is 18.6 Å². The summed E-state index contributed by atoms with van der Waals surface area (Å²) in [5.41, 5.74) is 3.38. The molecule has 58 heavy (non-hydrogen) atoms. The minimum atomic E-state index is -3.53. The first kappa shape index (κ1) is 38.6. The summed E-state index contributed by atoms with van der Waals surface area (Å²) in [5, 5.41) is 13.8. The minimum absolute atomic E-state index is 0.0773. The highest BCUT2D eigenvalue weighted by Gasteiger charge is 2.67. The Morgan fingerprint density at radius 3 is 2.33 bits per heavy atom. The lowest BCUT2D eigenvalue weighted by Crippen LogP contribution is -2.55. The van der Waals surface area contributed by atoms with Crippen LogP contribution in [0.4, 0.5) is 21.2 Å². The van der Waals surface area contributed by atoms with Crippen LogP contribution >= 0.6 is 0 Å². The van der Waals surface area contributed by atoms with Gasteiger partial charge in [0, 0.05) is 34.9 Å².